The Kier molecular flexibility index (Phi) is 2.98. The Bertz CT molecular complexity index is 787. The van der Waals surface area contributed by atoms with Gasteiger partial charge >= 0.3 is 5.69 Å². The molecule has 0 fully saturated rings. The summed E-state index contributed by atoms with van der Waals surface area (Å²) in [6, 6.07) is 11.6. The van der Waals surface area contributed by atoms with Crippen molar-refractivity contribution in [2.75, 3.05) is 0 Å². The van der Waals surface area contributed by atoms with Gasteiger partial charge in [-0.05, 0) is 40.2 Å². The summed E-state index contributed by atoms with van der Waals surface area (Å²) in [6.07, 6.45) is 1.74. The maximum Gasteiger partial charge on any atom is 0.329 e. The zero-order chi connectivity index (χ0) is 13.4. The zero-order valence-electron chi connectivity index (χ0n) is 10.4. The molecular formula is C14H12BrN3O. The van der Waals surface area contributed by atoms with Crippen molar-refractivity contribution in [2.45, 2.75) is 6.54 Å². The first-order valence-corrected chi connectivity index (χ1v) is 6.71. The molecule has 0 spiro atoms. The van der Waals surface area contributed by atoms with Crippen LogP contribution in [0.5, 0.6) is 0 Å². The third-order valence-electron chi connectivity index (χ3n) is 3.16. The Hall–Kier alpha value is -1.88. The molecule has 3 rings (SSSR count). The summed E-state index contributed by atoms with van der Waals surface area (Å²) in [5.41, 5.74) is 2.71. The molecule has 19 heavy (non-hydrogen) atoms. The second-order valence-electron chi connectivity index (χ2n) is 4.38. The van der Waals surface area contributed by atoms with E-state index >= 15 is 0 Å². The number of aromatic nitrogens is 3. The first kappa shape index (κ1) is 12.2. The molecular weight excluding hydrogens is 306 g/mol. The maximum absolute atomic E-state index is 12.2. The van der Waals surface area contributed by atoms with Crippen molar-refractivity contribution in [1.82, 2.24) is 14.1 Å². The third kappa shape index (κ3) is 2.10. The van der Waals surface area contributed by atoms with Gasteiger partial charge in [-0.3, -0.25) is 14.1 Å². The van der Waals surface area contributed by atoms with Crippen molar-refractivity contribution < 1.29 is 0 Å². The fourth-order valence-electron chi connectivity index (χ4n) is 2.18. The SMILES string of the molecule is Cn1c(=O)n(Cc2ccc(Br)cn2)c2ccccc21. The van der Waals surface area contributed by atoms with E-state index in [0.29, 0.717) is 6.54 Å². The largest absolute Gasteiger partial charge is 0.329 e. The summed E-state index contributed by atoms with van der Waals surface area (Å²) in [5, 5.41) is 0. The van der Waals surface area contributed by atoms with Gasteiger partial charge < -0.3 is 0 Å². The summed E-state index contributed by atoms with van der Waals surface area (Å²) in [6.45, 7) is 0.480. The van der Waals surface area contributed by atoms with Crippen LogP contribution in [0.3, 0.4) is 0 Å². The Morgan fingerprint density at radius 2 is 1.89 bits per heavy atom. The molecule has 0 saturated heterocycles. The number of hydrogen-bond acceptors (Lipinski definition) is 2. The summed E-state index contributed by atoms with van der Waals surface area (Å²) in [7, 11) is 1.79. The normalized spacial score (nSPS) is 11.1. The first-order valence-electron chi connectivity index (χ1n) is 5.91. The van der Waals surface area contributed by atoms with E-state index < -0.39 is 0 Å². The number of pyridine rings is 1. The van der Waals surface area contributed by atoms with Gasteiger partial charge in [0, 0.05) is 17.7 Å². The molecule has 5 heteroatoms. The predicted octanol–water partition coefficient (Wildman–Crippen LogP) is 2.55. The van der Waals surface area contributed by atoms with Crippen molar-refractivity contribution in [3.05, 3.63) is 63.2 Å². The minimum Gasteiger partial charge on any atom is -0.295 e. The van der Waals surface area contributed by atoms with E-state index in [-0.39, 0.29) is 5.69 Å². The van der Waals surface area contributed by atoms with Crippen molar-refractivity contribution in [2.24, 2.45) is 7.05 Å². The highest BCUT2D eigenvalue weighted by Crippen LogP contribution is 2.13. The molecule has 0 saturated carbocycles. The van der Waals surface area contributed by atoms with Crippen molar-refractivity contribution in [1.29, 1.82) is 0 Å². The lowest BCUT2D eigenvalue weighted by Crippen LogP contribution is -2.23. The molecule has 0 bridgehead atoms. The van der Waals surface area contributed by atoms with Crippen LogP contribution in [0.25, 0.3) is 11.0 Å². The van der Waals surface area contributed by atoms with E-state index in [2.05, 4.69) is 20.9 Å². The molecule has 0 aliphatic rings. The number of halogens is 1. The molecule has 0 unspecified atom stereocenters. The Morgan fingerprint density at radius 3 is 2.58 bits per heavy atom. The lowest BCUT2D eigenvalue weighted by atomic mass is 10.3. The smallest absolute Gasteiger partial charge is 0.295 e. The summed E-state index contributed by atoms with van der Waals surface area (Å²) < 4.78 is 4.33. The molecule has 96 valence electrons. The molecule has 0 radical (unpaired) electrons. The van der Waals surface area contributed by atoms with Crippen molar-refractivity contribution >= 4 is 27.0 Å². The molecule has 0 N–H and O–H groups in total. The molecule has 2 aromatic heterocycles. The van der Waals surface area contributed by atoms with E-state index in [9.17, 15) is 4.79 Å². The van der Waals surface area contributed by atoms with Crippen LogP contribution < -0.4 is 5.69 Å². The fourth-order valence-corrected chi connectivity index (χ4v) is 2.41. The minimum absolute atomic E-state index is 0.0223. The molecule has 0 aliphatic carbocycles. The fraction of sp³-hybridized carbons (Fsp3) is 0.143. The topological polar surface area (TPSA) is 39.8 Å². The Morgan fingerprint density at radius 1 is 1.16 bits per heavy atom. The molecule has 2 heterocycles. The number of imidazole rings is 1. The number of para-hydroxylation sites is 2. The lowest BCUT2D eigenvalue weighted by Gasteiger charge is -2.02. The molecule has 4 nitrogen and oxygen atoms in total. The van der Waals surface area contributed by atoms with Crippen LogP contribution in [-0.4, -0.2) is 14.1 Å². The van der Waals surface area contributed by atoms with E-state index in [1.165, 1.54) is 0 Å². The van der Waals surface area contributed by atoms with Crippen LogP contribution in [0, 0.1) is 0 Å². The standard InChI is InChI=1S/C14H12BrN3O/c1-17-12-4-2-3-5-13(12)18(14(17)19)9-11-7-6-10(15)8-16-11/h2-8H,9H2,1H3. The van der Waals surface area contributed by atoms with Crippen LogP contribution in [-0.2, 0) is 13.6 Å². The highest BCUT2D eigenvalue weighted by atomic mass is 79.9. The van der Waals surface area contributed by atoms with Crippen LogP contribution in [0.2, 0.25) is 0 Å². The highest BCUT2D eigenvalue weighted by molar-refractivity contribution is 9.10. The number of benzene rings is 1. The Labute approximate surface area is 118 Å². The van der Waals surface area contributed by atoms with E-state index in [1.54, 1.807) is 22.4 Å². The molecule has 0 amide bonds. The second-order valence-corrected chi connectivity index (χ2v) is 5.30. The number of aryl methyl sites for hydroxylation is 1. The number of fused-ring (bicyclic) bond motifs is 1. The second kappa shape index (κ2) is 4.66. The maximum atomic E-state index is 12.2. The zero-order valence-corrected chi connectivity index (χ0v) is 12.0. The molecule has 1 aromatic carbocycles. The Balaban J connectivity index is 2.13. The van der Waals surface area contributed by atoms with E-state index in [0.717, 1.165) is 21.2 Å². The van der Waals surface area contributed by atoms with Gasteiger partial charge in [-0.25, -0.2) is 4.79 Å². The van der Waals surface area contributed by atoms with Gasteiger partial charge in [0.05, 0.1) is 23.3 Å². The van der Waals surface area contributed by atoms with Gasteiger partial charge in [0.15, 0.2) is 0 Å². The van der Waals surface area contributed by atoms with Gasteiger partial charge in [0.2, 0.25) is 0 Å². The first-order chi connectivity index (χ1) is 9.16. The van der Waals surface area contributed by atoms with Gasteiger partial charge in [-0.2, -0.15) is 0 Å². The average molecular weight is 318 g/mol. The van der Waals surface area contributed by atoms with E-state index in [1.807, 2.05) is 36.4 Å². The predicted molar refractivity (Wildman–Crippen MR) is 78.2 cm³/mol. The third-order valence-corrected chi connectivity index (χ3v) is 3.63. The molecule has 0 aliphatic heterocycles. The monoisotopic (exact) mass is 317 g/mol. The van der Waals surface area contributed by atoms with Crippen molar-refractivity contribution in [3.63, 3.8) is 0 Å². The van der Waals surface area contributed by atoms with Crippen LogP contribution in [0.4, 0.5) is 0 Å². The quantitative estimate of drug-likeness (QED) is 0.728. The van der Waals surface area contributed by atoms with Gasteiger partial charge in [0.1, 0.15) is 0 Å². The van der Waals surface area contributed by atoms with Gasteiger partial charge in [-0.15, -0.1) is 0 Å². The number of rotatable bonds is 2. The number of nitrogens with zero attached hydrogens (tertiary/aromatic N) is 3. The van der Waals surface area contributed by atoms with Gasteiger partial charge in [0.25, 0.3) is 0 Å². The van der Waals surface area contributed by atoms with Crippen LogP contribution in [0.1, 0.15) is 5.69 Å². The van der Waals surface area contributed by atoms with Crippen LogP contribution >= 0.6 is 15.9 Å². The average Bonchev–Trinajstić information content (AvgIpc) is 2.67. The summed E-state index contributed by atoms with van der Waals surface area (Å²) >= 11 is 3.35. The highest BCUT2D eigenvalue weighted by Gasteiger charge is 2.10. The number of hydrogen-bond donors (Lipinski definition) is 0. The molecule has 0 atom stereocenters. The minimum atomic E-state index is -0.0223. The van der Waals surface area contributed by atoms with Crippen LogP contribution in [0.15, 0.2) is 51.9 Å². The summed E-state index contributed by atoms with van der Waals surface area (Å²) in [5.74, 6) is 0. The lowest BCUT2D eigenvalue weighted by molar-refractivity contribution is 0.722. The summed E-state index contributed by atoms with van der Waals surface area (Å²) in [4.78, 5) is 16.6. The van der Waals surface area contributed by atoms with Crippen molar-refractivity contribution in [3.8, 4) is 0 Å². The van der Waals surface area contributed by atoms with E-state index in [4.69, 9.17) is 0 Å². The van der Waals surface area contributed by atoms with Gasteiger partial charge in [-0.1, -0.05) is 12.1 Å². The molecule has 3 aromatic rings.